The van der Waals surface area contributed by atoms with Gasteiger partial charge in [-0.3, -0.25) is 9.59 Å². The van der Waals surface area contributed by atoms with Crippen LogP contribution in [0, 0.1) is 0 Å². The SMILES string of the molecule is COc1ccc(CCC(=O)N2CCCN(C(=O)C3CCCO3)CC2)cc1. The molecule has 1 aromatic rings. The molecule has 0 bridgehead atoms. The van der Waals surface area contributed by atoms with Gasteiger partial charge in [-0.1, -0.05) is 12.1 Å². The molecule has 0 aromatic heterocycles. The Morgan fingerprint density at radius 3 is 2.50 bits per heavy atom. The number of carbonyl (C=O) groups is 2. The van der Waals surface area contributed by atoms with Gasteiger partial charge in [0.05, 0.1) is 7.11 Å². The van der Waals surface area contributed by atoms with E-state index in [-0.39, 0.29) is 17.9 Å². The minimum absolute atomic E-state index is 0.0926. The van der Waals surface area contributed by atoms with Gasteiger partial charge in [0.2, 0.25) is 5.91 Å². The molecule has 2 saturated heterocycles. The predicted molar refractivity (Wildman–Crippen MR) is 98.1 cm³/mol. The molecule has 2 aliphatic heterocycles. The average molecular weight is 360 g/mol. The Labute approximate surface area is 155 Å². The van der Waals surface area contributed by atoms with Crippen LogP contribution in [0.3, 0.4) is 0 Å². The van der Waals surface area contributed by atoms with Crippen molar-refractivity contribution in [3.8, 4) is 5.75 Å². The van der Waals surface area contributed by atoms with Crippen LogP contribution in [0.1, 0.15) is 31.2 Å². The summed E-state index contributed by atoms with van der Waals surface area (Å²) in [5.41, 5.74) is 1.13. The number of amides is 2. The zero-order valence-electron chi connectivity index (χ0n) is 15.5. The summed E-state index contributed by atoms with van der Waals surface area (Å²) < 4.78 is 10.7. The summed E-state index contributed by atoms with van der Waals surface area (Å²) >= 11 is 0. The van der Waals surface area contributed by atoms with E-state index < -0.39 is 0 Å². The molecule has 0 saturated carbocycles. The Morgan fingerprint density at radius 1 is 1.08 bits per heavy atom. The highest BCUT2D eigenvalue weighted by Crippen LogP contribution is 2.17. The van der Waals surface area contributed by atoms with Crippen molar-refractivity contribution in [3.05, 3.63) is 29.8 Å². The normalized spacial score (nSPS) is 20.7. The van der Waals surface area contributed by atoms with E-state index in [2.05, 4.69) is 0 Å². The smallest absolute Gasteiger partial charge is 0.251 e. The van der Waals surface area contributed by atoms with Crippen molar-refractivity contribution in [2.24, 2.45) is 0 Å². The minimum Gasteiger partial charge on any atom is -0.497 e. The molecule has 1 atom stereocenters. The number of hydrogen-bond donors (Lipinski definition) is 0. The standard InChI is InChI=1S/C20H28N2O4/c1-25-17-8-5-16(6-9-17)7-10-19(23)21-11-3-12-22(14-13-21)20(24)18-4-2-15-26-18/h5-6,8-9,18H,2-4,7,10-15H2,1H3. The van der Waals surface area contributed by atoms with Crippen molar-refractivity contribution in [2.45, 2.75) is 38.2 Å². The van der Waals surface area contributed by atoms with E-state index in [0.717, 1.165) is 43.5 Å². The summed E-state index contributed by atoms with van der Waals surface area (Å²) in [5, 5.41) is 0. The molecule has 3 rings (SSSR count). The molecule has 6 heteroatoms. The maximum atomic E-state index is 12.6. The van der Waals surface area contributed by atoms with Crippen LogP contribution >= 0.6 is 0 Å². The number of methoxy groups -OCH3 is 1. The first-order valence-corrected chi connectivity index (χ1v) is 9.48. The van der Waals surface area contributed by atoms with Crippen LogP contribution < -0.4 is 4.74 Å². The molecule has 2 amide bonds. The number of ether oxygens (including phenoxy) is 2. The van der Waals surface area contributed by atoms with Crippen LogP contribution in [0.25, 0.3) is 0 Å². The van der Waals surface area contributed by atoms with Crippen LogP contribution in [0.5, 0.6) is 5.75 Å². The highest BCUT2D eigenvalue weighted by atomic mass is 16.5. The second-order valence-electron chi connectivity index (χ2n) is 6.91. The van der Waals surface area contributed by atoms with Gasteiger partial charge in [-0.15, -0.1) is 0 Å². The second-order valence-corrected chi connectivity index (χ2v) is 6.91. The van der Waals surface area contributed by atoms with Gasteiger partial charge in [-0.25, -0.2) is 0 Å². The zero-order valence-corrected chi connectivity index (χ0v) is 15.5. The van der Waals surface area contributed by atoms with Crippen molar-refractivity contribution in [3.63, 3.8) is 0 Å². The molecule has 0 spiro atoms. The first-order valence-electron chi connectivity index (χ1n) is 9.48. The molecule has 2 heterocycles. The summed E-state index contributed by atoms with van der Waals surface area (Å²) in [6.07, 6.45) is 3.55. The third-order valence-electron chi connectivity index (χ3n) is 5.15. The Bertz CT molecular complexity index is 611. The second kappa shape index (κ2) is 9.03. The molecule has 2 fully saturated rings. The van der Waals surface area contributed by atoms with Crippen molar-refractivity contribution < 1.29 is 19.1 Å². The average Bonchev–Trinajstić information content (AvgIpc) is 3.10. The van der Waals surface area contributed by atoms with Crippen molar-refractivity contribution >= 4 is 11.8 Å². The minimum atomic E-state index is -0.271. The molecule has 0 aliphatic carbocycles. The maximum Gasteiger partial charge on any atom is 0.251 e. The number of aryl methyl sites for hydroxylation is 1. The van der Waals surface area contributed by atoms with E-state index in [9.17, 15) is 9.59 Å². The monoisotopic (exact) mass is 360 g/mol. The molecule has 1 unspecified atom stereocenters. The number of carbonyl (C=O) groups excluding carboxylic acids is 2. The van der Waals surface area contributed by atoms with Gasteiger partial charge in [0.1, 0.15) is 11.9 Å². The van der Waals surface area contributed by atoms with E-state index in [1.165, 1.54) is 0 Å². The molecular formula is C20H28N2O4. The van der Waals surface area contributed by atoms with Crippen molar-refractivity contribution in [1.82, 2.24) is 9.80 Å². The molecule has 142 valence electrons. The lowest BCUT2D eigenvalue weighted by Gasteiger charge is -2.24. The summed E-state index contributed by atoms with van der Waals surface area (Å²) in [4.78, 5) is 28.8. The molecular weight excluding hydrogens is 332 g/mol. The lowest BCUT2D eigenvalue weighted by molar-refractivity contribution is -0.141. The largest absolute Gasteiger partial charge is 0.497 e. The van der Waals surface area contributed by atoms with Gasteiger partial charge in [-0.05, 0) is 43.4 Å². The highest BCUT2D eigenvalue weighted by Gasteiger charge is 2.29. The molecule has 26 heavy (non-hydrogen) atoms. The Morgan fingerprint density at radius 2 is 1.81 bits per heavy atom. The van der Waals surface area contributed by atoms with Gasteiger partial charge in [0.15, 0.2) is 0 Å². The van der Waals surface area contributed by atoms with Crippen LogP contribution in [-0.4, -0.2) is 67.6 Å². The fourth-order valence-electron chi connectivity index (χ4n) is 3.56. The molecule has 0 radical (unpaired) electrons. The van der Waals surface area contributed by atoms with E-state index in [1.807, 2.05) is 34.1 Å². The van der Waals surface area contributed by atoms with E-state index >= 15 is 0 Å². The molecule has 6 nitrogen and oxygen atoms in total. The summed E-state index contributed by atoms with van der Waals surface area (Å²) in [7, 11) is 1.64. The fourth-order valence-corrected chi connectivity index (χ4v) is 3.56. The van der Waals surface area contributed by atoms with Gasteiger partial charge >= 0.3 is 0 Å². The first-order chi connectivity index (χ1) is 12.7. The third kappa shape index (κ3) is 4.75. The van der Waals surface area contributed by atoms with E-state index in [4.69, 9.17) is 9.47 Å². The molecule has 2 aliphatic rings. The number of benzene rings is 1. The van der Waals surface area contributed by atoms with Crippen LogP contribution in [0.4, 0.5) is 0 Å². The highest BCUT2D eigenvalue weighted by molar-refractivity contribution is 5.81. The Hall–Kier alpha value is -2.08. The van der Waals surface area contributed by atoms with Crippen molar-refractivity contribution in [1.29, 1.82) is 0 Å². The molecule has 1 aromatic carbocycles. The fraction of sp³-hybridized carbons (Fsp3) is 0.600. The summed E-state index contributed by atoms with van der Waals surface area (Å²) in [5.74, 6) is 1.07. The van der Waals surface area contributed by atoms with Gasteiger partial charge in [0, 0.05) is 39.2 Å². The van der Waals surface area contributed by atoms with E-state index in [0.29, 0.717) is 32.7 Å². The molecule has 0 N–H and O–H groups in total. The predicted octanol–water partition coefficient (Wildman–Crippen LogP) is 1.87. The first kappa shape index (κ1) is 18.7. The summed E-state index contributed by atoms with van der Waals surface area (Å²) in [6, 6.07) is 7.83. The van der Waals surface area contributed by atoms with Gasteiger partial charge in [-0.2, -0.15) is 0 Å². The summed E-state index contributed by atoms with van der Waals surface area (Å²) in [6.45, 7) is 3.32. The van der Waals surface area contributed by atoms with E-state index in [1.54, 1.807) is 7.11 Å². The van der Waals surface area contributed by atoms with Crippen LogP contribution in [0.2, 0.25) is 0 Å². The van der Waals surface area contributed by atoms with Crippen molar-refractivity contribution in [2.75, 3.05) is 39.9 Å². The number of hydrogen-bond acceptors (Lipinski definition) is 4. The topological polar surface area (TPSA) is 59.1 Å². The lowest BCUT2D eigenvalue weighted by atomic mass is 10.1. The van der Waals surface area contributed by atoms with Gasteiger partial charge in [0.25, 0.3) is 5.91 Å². The third-order valence-corrected chi connectivity index (χ3v) is 5.15. The van der Waals surface area contributed by atoms with Crippen LogP contribution in [0.15, 0.2) is 24.3 Å². The maximum absolute atomic E-state index is 12.6. The number of rotatable bonds is 5. The number of nitrogens with zero attached hydrogens (tertiary/aromatic N) is 2. The zero-order chi connectivity index (χ0) is 18.4. The lowest BCUT2D eigenvalue weighted by Crippen LogP contribution is -2.41. The Balaban J connectivity index is 1.46. The Kier molecular flexibility index (Phi) is 6.50. The van der Waals surface area contributed by atoms with Gasteiger partial charge < -0.3 is 19.3 Å². The van der Waals surface area contributed by atoms with Crippen LogP contribution in [-0.2, 0) is 20.7 Å². The quantitative estimate of drug-likeness (QED) is 0.804.